The first-order chi connectivity index (χ1) is 8.11. The third-order valence-electron chi connectivity index (χ3n) is 1.89. The van der Waals surface area contributed by atoms with E-state index in [1.165, 1.54) is 5.56 Å². The van der Waals surface area contributed by atoms with Crippen LogP contribution >= 0.6 is 11.6 Å². The number of primary amides is 2. The molecule has 1 aliphatic rings. The summed E-state index contributed by atoms with van der Waals surface area (Å²) >= 11 is 5.92. The van der Waals surface area contributed by atoms with Gasteiger partial charge in [0.1, 0.15) is 5.75 Å². The molecule has 0 radical (unpaired) electrons. The molecule has 0 saturated heterocycles. The minimum Gasteiger partial charge on any atom is -0.492 e. The van der Waals surface area contributed by atoms with Crippen LogP contribution in [0.2, 0.25) is 5.02 Å². The van der Waals surface area contributed by atoms with Gasteiger partial charge < -0.3 is 16.2 Å². The molecular formula is C12H19ClN2O2. The number of rotatable bonds is 0. The first-order valence-electron chi connectivity index (χ1n) is 5.56. The molecule has 1 aromatic rings. The first kappa shape index (κ1) is 15.6. The van der Waals surface area contributed by atoms with Gasteiger partial charge in [0, 0.05) is 0 Å². The summed E-state index contributed by atoms with van der Waals surface area (Å²) in [4.78, 5) is 9.00. The second-order valence-electron chi connectivity index (χ2n) is 3.08. The van der Waals surface area contributed by atoms with Crippen LogP contribution in [0.3, 0.4) is 0 Å². The Bertz CT molecular complexity index is 352. The van der Waals surface area contributed by atoms with Gasteiger partial charge in [-0.15, -0.1) is 0 Å². The molecule has 1 aromatic carbocycles. The maximum absolute atomic E-state index is 9.00. The van der Waals surface area contributed by atoms with Gasteiger partial charge in [0.25, 0.3) is 0 Å². The van der Waals surface area contributed by atoms with Gasteiger partial charge in [-0.25, -0.2) is 4.79 Å². The molecule has 0 aliphatic carbocycles. The molecule has 5 heteroatoms. The summed E-state index contributed by atoms with van der Waals surface area (Å²) in [5.41, 5.74) is 9.74. The van der Waals surface area contributed by atoms with Crippen molar-refractivity contribution in [3.05, 3.63) is 28.8 Å². The number of carbonyl (C=O) groups excluding carboxylic acids is 1. The van der Waals surface area contributed by atoms with Crippen LogP contribution in [0.1, 0.15) is 25.8 Å². The van der Waals surface area contributed by atoms with Crippen LogP contribution in [0.5, 0.6) is 5.75 Å². The van der Waals surface area contributed by atoms with E-state index in [0.29, 0.717) is 0 Å². The Morgan fingerprint density at radius 1 is 1.35 bits per heavy atom. The molecule has 0 atom stereocenters. The number of carbonyl (C=O) groups is 1. The van der Waals surface area contributed by atoms with Crippen LogP contribution in [0.4, 0.5) is 4.79 Å². The molecule has 0 fully saturated rings. The number of nitrogens with two attached hydrogens (primary N) is 2. The van der Waals surface area contributed by atoms with E-state index in [9.17, 15) is 0 Å². The largest absolute Gasteiger partial charge is 0.492 e. The average Bonchev–Trinajstić information content (AvgIpc) is 2.32. The number of urea groups is 1. The maximum Gasteiger partial charge on any atom is 0.309 e. The van der Waals surface area contributed by atoms with Gasteiger partial charge in [-0.2, -0.15) is 0 Å². The standard InChI is InChI=1S/C9H9ClO.C2H6.CH4N2O/c10-8-5-1-3-7-4-2-6-11-9(7)8;1-2;2-1(3)4/h1,3,5H,2,4,6H2;1-2H3;(H4,2,3,4). The van der Waals surface area contributed by atoms with E-state index in [4.69, 9.17) is 21.1 Å². The molecule has 4 nitrogen and oxygen atoms in total. The molecule has 0 unspecified atom stereocenters. The molecule has 0 saturated carbocycles. The molecule has 0 spiro atoms. The summed E-state index contributed by atoms with van der Waals surface area (Å²) in [6.07, 6.45) is 2.20. The summed E-state index contributed by atoms with van der Waals surface area (Å²) < 4.78 is 5.42. The van der Waals surface area contributed by atoms with Crippen molar-refractivity contribution < 1.29 is 9.53 Å². The summed E-state index contributed by atoms with van der Waals surface area (Å²) in [5.74, 6) is 0.889. The number of ether oxygens (including phenoxy) is 1. The Kier molecular flexibility index (Phi) is 7.97. The predicted octanol–water partition coefficient (Wildman–Crippen LogP) is 2.71. The number of hydrogen-bond acceptors (Lipinski definition) is 2. The highest BCUT2D eigenvalue weighted by Gasteiger charge is 2.11. The average molecular weight is 259 g/mol. The zero-order chi connectivity index (χ0) is 13.3. The number of aryl methyl sites for hydroxylation is 1. The van der Waals surface area contributed by atoms with E-state index in [-0.39, 0.29) is 0 Å². The van der Waals surface area contributed by atoms with E-state index in [1.807, 2.05) is 26.0 Å². The van der Waals surface area contributed by atoms with E-state index in [0.717, 1.165) is 30.2 Å². The fraction of sp³-hybridized carbons (Fsp3) is 0.417. The normalized spacial score (nSPS) is 11.7. The van der Waals surface area contributed by atoms with Crippen molar-refractivity contribution in [1.29, 1.82) is 0 Å². The SMILES string of the molecule is CC.Clc1cccc2c1OCCC2.NC(N)=O. The molecule has 0 bridgehead atoms. The monoisotopic (exact) mass is 258 g/mol. The molecule has 2 rings (SSSR count). The minimum atomic E-state index is -0.833. The lowest BCUT2D eigenvalue weighted by Crippen LogP contribution is -2.18. The van der Waals surface area contributed by atoms with Gasteiger partial charge >= 0.3 is 6.03 Å². The molecule has 2 amide bonds. The van der Waals surface area contributed by atoms with E-state index >= 15 is 0 Å². The van der Waals surface area contributed by atoms with E-state index in [2.05, 4.69) is 17.5 Å². The summed E-state index contributed by atoms with van der Waals surface area (Å²) in [6, 6.07) is 5.07. The summed E-state index contributed by atoms with van der Waals surface area (Å²) in [6.45, 7) is 4.80. The molecule has 96 valence electrons. The van der Waals surface area contributed by atoms with Crippen LogP contribution in [-0.2, 0) is 6.42 Å². The van der Waals surface area contributed by atoms with Crippen LogP contribution in [0.25, 0.3) is 0 Å². The lowest BCUT2D eigenvalue weighted by Gasteiger charge is -2.17. The molecule has 1 aliphatic heterocycles. The number of benzene rings is 1. The molecule has 4 N–H and O–H groups in total. The van der Waals surface area contributed by atoms with Crippen molar-refractivity contribution in [3.8, 4) is 5.75 Å². The maximum atomic E-state index is 9.00. The second kappa shape index (κ2) is 8.70. The highest BCUT2D eigenvalue weighted by atomic mass is 35.5. The molecule has 1 heterocycles. The zero-order valence-corrected chi connectivity index (χ0v) is 11.0. The van der Waals surface area contributed by atoms with Gasteiger partial charge in [-0.1, -0.05) is 37.6 Å². The van der Waals surface area contributed by atoms with Crippen LogP contribution in [0.15, 0.2) is 18.2 Å². The van der Waals surface area contributed by atoms with E-state index < -0.39 is 6.03 Å². The smallest absolute Gasteiger partial charge is 0.309 e. The third-order valence-corrected chi connectivity index (χ3v) is 2.18. The van der Waals surface area contributed by atoms with Gasteiger partial charge in [-0.05, 0) is 24.5 Å². The third kappa shape index (κ3) is 6.02. The zero-order valence-electron chi connectivity index (χ0n) is 10.2. The topological polar surface area (TPSA) is 78.3 Å². The lowest BCUT2D eigenvalue weighted by molar-refractivity contribution is 0.256. The van der Waals surface area contributed by atoms with Crippen molar-refractivity contribution >= 4 is 17.6 Å². The van der Waals surface area contributed by atoms with E-state index in [1.54, 1.807) is 0 Å². The number of para-hydroxylation sites is 1. The Morgan fingerprint density at radius 3 is 2.47 bits per heavy atom. The number of fused-ring (bicyclic) bond motifs is 1. The van der Waals surface area contributed by atoms with Crippen LogP contribution in [-0.4, -0.2) is 12.6 Å². The number of hydrogen-bond donors (Lipinski definition) is 2. The Morgan fingerprint density at radius 2 is 1.94 bits per heavy atom. The van der Waals surface area contributed by atoms with Crippen molar-refractivity contribution in [2.45, 2.75) is 26.7 Å². The number of amides is 2. The second-order valence-corrected chi connectivity index (χ2v) is 3.49. The highest BCUT2D eigenvalue weighted by Crippen LogP contribution is 2.31. The Labute approximate surface area is 107 Å². The Balaban J connectivity index is 0.000000368. The van der Waals surface area contributed by atoms with Gasteiger partial charge in [0.05, 0.1) is 11.6 Å². The fourth-order valence-electron chi connectivity index (χ4n) is 1.35. The van der Waals surface area contributed by atoms with Gasteiger partial charge in [0.15, 0.2) is 0 Å². The number of halogens is 1. The molecule has 0 aromatic heterocycles. The first-order valence-corrected chi connectivity index (χ1v) is 5.94. The quantitative estimate of drug-likeness (QED) is 0.750. The van der Waals surface area contributed by atoms with Crippen molar-refractivity contribution in [3.63, 3.8) is 0 Å². The summed E-state index contributed by atoms with van der Waals surface area (Å²) in [7, 11) is 0. The predicted molar refractivity (Wildman–Crippen MR) is 70.4 cm³/mol. The van der Waals surface area contributed by atoms with Gasteiger partial charge in [0.2, 0.25) is 0 Å². The highest BCUT2D eigenvalue weighted by molar-refractivity contribution is 6.32. The van der Waals surface area contributed by atoms with Crippen LogP contribution < -0.4 is 16.2 Å². The van der Waals surface area contributed by atoms with Crippen LogP contribution in [0, 0.1) is 0 Å². The van der Waals surface area contributed by atoms with Crippen molar-refractivity contribution in [1.82, 2.24) is 0 Å². The minimum absolute atomic E-state index is 0.738. The van der Waals surface area contributed by atoms with Crippen molar-refractivity contribution in [2.75, 3.05) is 6.61 Å². The molecular weight excluding hydrogens is 240 g/mol. The van der Waals surface area contributed by atoms with Crippen molar-refractivity contribution in [2.24, 2.45) is 11.5 Å². The lowest BCUT2D eigenvalue weighted by atomic mass is 10.1. The molecule has 17 heavy (non-hydrogen) atoms. The Hall–Kier alpha value is -1.42. The van der Waals surface area contributed by atoms with Gasteiger partial charge in [-0.3, -0.25) is 0 Å². The fourth-order valence-corrected chi connectivity index (χ4v) is 1.60. The summed E-state index contributed by atoms with van der Waals surface area (Å²) in [5, 5.41) is 0.738.